The van der Waals surface area contributed by atoms with Gasteiger partial charge in [0.05, 0.1) is 4.53 Å². The van der Waals surface area contributed by atoms with E-state index >= 15 is 0 Å². The lowest BCUT2D eigenvalue weighted by atomic mass is 10.1. The van der Waals surface area contributed by atoms with Gasteiger partial charge in [-0.25, -0.2) is 0 Å². The number of carbonyl (C=O) groups is 1. The van der Waals surface area contributed by atoms with Crippen LogP contribution in [0.3, 0.4) is 0 Å². The summed E-state index contributed by atoms with van der Waals surface area (Å²) in [5.74, 6) is -0.0655. The fourth-order valence-corrected chi connectivity index (χ4v) is 3.44. The maximum Gasteiger partial charge on any atom is 0.268 e. The van der Waals surface area contributed by atoms with Gasteiger partial charge in [0.15, 0.2) is 5.78 Å². The molecule has 126 valence electrons. The molecule has 0 atom stereocenters. The minimum atomic E-state index is -0.197. The number of rotatable bonds is 3. The molecule has 1 heterocycles. The molecule has 0 saturated heterocycles. The Kier molecular flexibility index (Phi) is 4.88. The molecule has 0 radical (unpaired) electrons. The average molecular weight is 372 g/mol. The lowest BCUT2D eigenvalue weighted by Crippen LogP contribution is -2.29. The third-order valence-electron chi connectivity index (χ3n) is 3.61. The van der Waals surface area contributed by atoms with Crippen molar-refractivity contribution >= 4 is 40.9 Å². The topological polar surface area (TPSA) is 59.3 Å². The van der Waals surface area contributed by atoms with Crippen molar-refractivity contribution in [3.05, 3.63) is 84.2 Å². The van der Waals surface area contributed by atoms with E-state index in [4.69, 9.17) is 11.6 Å². The zero-order valence-electron chi connectivity index (χ0n) is 13.3. The number of halogens is 1. The second-order valence-corrected chi connectivity index (χ2v) is 6.92. The van der Waals surface area contributed by atoms with Gasteiger partial charge in [-0.2, -0.15) is 0 Å². The van der Waals surface area contributed by atoms with Crippen molar-refractivity contribution in [1.29, 1.82) is 0 Å². The zero-order chi connectivity index (χ0) is 18.0. The Morgan fingerprint density at radius 3 is 2.60 bits per heavy atom. The van der Waals surface area contributed by atoms with Gasteiger partial charge in [0.25, 0.3) is 5.56 Å². The second kappa shape index (κ2) is 7.09. The molecule has 3 rings (SSSR count). The van der Waals surface area contributed by atoms with Crippen molar-refractivity contribution in [1.82, 2.24) is 4.57 Å². The predicted octanol–water partition coefficient (Wildman–Crippen LogP) is 2.30. The zero-order valence-corrected chi connectivity index (χ0v) is 14.8. The molecule has 2 aromatic carbocycles. The van der Waals surface area contributed by atoms with Crippen LogP contribution in [-0.2, 0) is 7.05 Å². The first-order valence-corrected chi connectivity index (χ1v) is 8.62. The highest BCUT2D eigenvalue weighted by molar-refractivity contribution is 7.07. The lowest BCUT2D eigenvalue weighted by Gasteiger charge is -1.95. The number of phenols is 1. The van der Waals surface area contributed by atoms with E-state index < -0.39 is 0 Å². The SMILES string of the molecule is Cn1c(=O)/c(=C\c2cccc(O)c2)s/c1=C\C(=O)c1ccc(Cl)cc1. The molecule has 25 heavy (non-hydrogen) atoms. The Hall–Kier alpha value is -2.63. The number of ketones is 1. The summed E-state index contributed by atoms with van der Waals surface area (Å²) in [5, 5.41) is 10.1. The highest BCUT2D eigenvalue weighted by Gasteiger charge is 2.06. The molecular weight excluding hydrogens is 358 g/mol. The third kappa shape index (κ3) is 3.90. The molecule has 4 nitrogen and oxygen atoms in total. The smallest absolute Gasteiger partial charge is 0.268 e. The van der Waals surface area contributed by atoms with Gasteiger partial charge >= 0.3 is 0 Å². The second-order valence-electron chi connectivity index (χ2n) is 5.42. The van der Waals surface area contributed by atoms with Crippen LogP contribution in [0.5, 0.6) is 5.75 Å². The summed E-state index contributed by atoms with van der Waals surface area (Å²) in [5.41, 5.74) is 1.03. The molecule has 1 N–H and O–H groups in total. The van der Waals surface area contributed by atoms with E-state index in [1.54, 1.807) is 61.7 Å². The van der Waals surface area contributed by atoms with Crippen molar-refractivity contribution in [3.63, 3.8) is 0 Å². The number of aromatic nitrogens is 1. The van der Waals surface area contributed by atoms with Crippen molar-refractivity contribution in [3.8, 4) is 5.75 Å². The molecule has 6 heteroatoms. The van der Waals surface area contributed by atoms with Gasteiger partial charge in [0.2, 0.25) is 0 Å². The first-order chi connectivity index (χ1) is 11.9. The van der Waals surface area contributed by atoms with E-state index in [9.17, 15) is 14.7 Å². The Morgan fingerprint density at radius 2 is 1.92 bits per heavy atom. The first kappa shape index (κ1) is 17.2. The number of hydrogen-bond acceptors (Lipinski definition) is 4. The molecule has 0 unspecified atom stereocenters. The van der Waals surface area contributed by atoms with E-state index in [0.717, 1.165) is 5.56 Å². The van der Waals surface area contributed by atoms with Crippen molar-refractivity contribution < 1.29 is 9.90 Å². The van der Waals surface area contributed by atoms with E-state index in [1.165, 1.54) is 22.0 Å². The van der Waals surface area contributed by atoms with E-state index in [-0.39, 0.29) is 17.1 Å². The van der Waals surface area contributed by atoms with Crippen molar-refractivity contribution in [2.45, 2.75) is 0 Å². The highest BCUT2D eigenvalue weighted by Crippen LogP contribution is 2.11. The van der Waals surface area contributed by atoms with Crippen LogP contribution in [0.25, 0.3) is 12.2 Å². The van der Waals surface area contributed by atoms with Crippen LogP contribution in [0.15, 0.2) is 53.3 Å². The van der Waals surface area contributed by atoms with Crippen LogP contribution in [0.4, 0.5) is 0 Å². The molecule has 0 bridgehead atoms. The summed E-state index contributed by atoms with van der Waals surface area (Å²) in [7, 11) is 1.62. The van der Waals surface area contributed by atoms with Crippen LogP contribution in [0, 0.1) is 0 Å². The summed E-state index contributed by atoms with van der Waals surface area (Å²) in [4.78, 5) is 24.7. The quantitative estimate of drug-likeness (QED) is 0.719. The summed E-state index contributed by atoms with van der Waals surface area (Å²) < 4.78 is 2.48. The fraction of sp³-hybridized carbons (Fsp3) is 0.0526. The molecular formula is C19H14ClNO3S. The number of hydrogen-bond donors (Lipinski definition) is 1. The summed E-state index contributed by atoms with van der Waals surface area (Å²) >= 11 is 7.05. The lowest BCUT2D eigenvalue weighted by molar-refractivity contribution is 0.106. The Balaban J connectivity index is 2.05. The maximum absolute atomic E-state index is 12.4. The summed E-state index contributed by atoms with van der Waals surface area (Å²) in [6, 6.07) is 13.2. The Morgan fingerprint density at radius 1 is 1.20 bits per heavy atom. The summed E-state index contributed by atoms with van der Waals surface area (Å²) in [6.07, 6.45) is 3.13. The number of benzene rings is 2. The Bertz CT molecular complexity index is 1110. The molecule has 0 aliphatic rings. The first-order valence-electron chi connectivity index (χ1n) is 7.42. The monoisotopic (exact) mass is 371 g/mol. The average Bonchev–Trinajstić information content (AvgIpc) is 2.83. The van der Waals surface area contributed by atoms with Gasteiger partial charge < -0.3 is 9.67 Å². The Labute approximate surface area is 152 Å². The van der Waals surface area contributed by atoms with Gasteiger partial charge in [0, 0.05) is 23.7 Å². The van der Waals surface area contributed by atoms with E-state index in [2.05, 4.69) is 0 Å². The van der Waals surface area contributed by atoms with Gasteiger partial charge in [0.1, 0.15) is 10.4 Å². The largest absolute Gasteiger partial charge is 0.508 e. The molecule has 0 amide bonds. The minimum Gasteiger partial charge on any atom is -0.508 e. The number of nitrogens with zero attached hydrogens (tertiary/aromatic N) is 1. The van der Waals surface area contributed by atoms with Crippen LogP contribution in [0.1, 0.15) is 15.9 Å². The normalized spacial score (nSPS) is 12.6. The molecule has 0 saturated carbocycles. The van der Waals surface area contributed by atoms with Gasteiger partial charge in [-0.1, -0.05) is 23.7 Å². The predicted molar refractivity (Wildman–Crippen MR) is 101 cm³/mol. The molecule has 0 fully saturated rings. The number of phenolic OH excluding ortho intramolecular Hbond substituents is 1. The number of aromatic hydroxyl groups is 1. The minimum absolute atomic E-state index is 0.131. The summed E-state index contributed by atoms with van der Waals surface area (Å²) in [6.45, 7) is 0. The van der Waals surface area contributed by atoms with Crippen LogP contribution >= 0.6 is 22.9 Å². The number of carbonyl (C=O) groups excluding carboxylic acids is 1. The molecule has 0 spiro atoms. The highest BCUT2D eigenvalue weighted by atomic mass is 35.5. The van der Waals surface area contributed by atoms with Gasteiger partial charge in [-0.05, 0) is 48.0 Å². The van der Waals surface area contributed by atoms with Crippen LogP contribution in [0.2, 0.25) is 5.02 Å². The molecule has 1 aromatic heterocycles. The standard InChI is InChI=1S/C19H14ClNO3S/c1-21-18(11-16(23)13-5-7-14(20)8-6-13)25-17(19(21)24)10-12-3-2-4-15(22)9-12/h2-11,22H,1H3/b17-10+,18-11-. The molecule has 0 aliphatic heterocycles. The van der Waals surface area contributed by atoms with Crippen molar-refractivity contribution in [2.24, 2.45) is 7.05 Å². The van der Waals surface area contributed by atoms with Gasteiger partial charge in [-0.15, -0.1) is 11.3 Å². The number of Topliss-reactive ketones (excluding diaryl/α,β-unsaturated/α-hetero) is 1. The fourth-order valence-electron chi connectivity index (χ4n) is 2.28. The van der Waals surface area contributed by atoms with Crippen LogP contribution in [-0.4, -0.2) is 15.5 Å². The van der Waals surface area contributed by atoms with Crippen LogP contribution < -0.4 is 14.8 Å². The molecule has 3 aromatic rings. The molecule has 0 aliphatic carbocycles. The maximum atomic E-state index is 12.4. The van der Waals surface area contributed by atoms with E-state index in [0.29, 0.717) is 19.8 Å². The van der Waals surface area contributed by atoms with Crippen molar-refractivity contribution in [2.75, 3.05) is 0 Å². The third-order valence-corrected chi connectivity index (χ3v) is 4.98. The van der Waals surface area contributed by atoms with E-state index in [1.807, 2.05) is 0 Å². The van der Waals surface area contributed by atoms with Gasteiger partial charge in [-0.3, -0.25) is 9.59 Å². The number of thiazole rings is 1.